The van der Waals surface area contributed by atoms with Gasteiger partial charge in [-0.15, -0.1) is 0 Å². The Kier molecular flexibility index (Phi) is 5.70. The minimum Gasteiger partial charge on any atom is -0.450 e. The largest absolute Gasteiger partial charge is 0.450 e. The average molecular weight is 259 g/mol. The molecule has 0 aromatic carbocycles. The summed E-state index contributed by atoms with van der Waals surface area (Å²) in [5, 5.41) is 11.6. The van der Waals surface area contributed by atoms with E-state index >= 15 is 0 Å². The van der Waals surface area contributed by atoms with Crippen LogP contribution in [0.1, 0.15) is 19.8 Å². The quantitative estimate of drug-likeness (QED) is 0.654. The van der Waals surface area contributed by atoms with Crippen LogP contribution in [0.2, 0.25) is 0 Å². The molecule has 0 saturated carbocycles. The predicted octanol–water partition coefficient (Wildman–Crippen LogP) is -0.116. The van der Waals surface area contributed by atoms with E-state index in [1.54, 1.807) is 6.92 Å². The Balaban J connectivity index is 2.55. The summed E-state index contributed by atoms with van der Waals surface area (Å²) in [5.41, 5.74) is 5.26. The Morgan fingerprint density at radius 3 is 2.78 bits per heavy atom. The van der Waals surface area contributed by atoms with E-state index in [0.717, 1.165) is 0 Å². The normalized spacial score (nSPS) is 23.6. The number of nitrogens with zero attached hydrogens (tertiary/aromatic N) is 1. The molecule has 104 valence electrons. The van der Waals surface area contributed by atoms with Gasteiger partial charge in [0, 0.05) is 19.7 Å². The van der Waals surface area contributed by atoms with Crippen molar-refractivity contribution in [1.82, 2.24) is 10.2 Å². The molecule has 0 spiro atoms. The minimum atomic E-state index is -0.506. The average Bonchev–Trinajstić information content (AvgIpc) is 2.29. The van der Waals surface area contributed by atoms with Crippen LogP contribution in [-0.4, -0.2) is 54.5 Å². The zero-order valence-electron chi connectivity index (χ0n) is 10.6. The number of piperidine rings is 1. The van der Waals surface area contributed by atoms with Crippen molar-refractivity contribution < 1.29 is 19.4 Å². The van der Waals surface area contributed by atoms with Crippen molar-refractivity contribution in [2.75, 3.05) is 26.3 Å². The predicted molar refractivity (Wildman–Crippen MR) is 64.9 cm³/mol. The van der Waals surface area contributed by atoms with Crippen LogP contribution in [0.5, 0.6) is 0 Å². The third-order valence-corrected chi connectivity index (χ3v) is 2.98. The summed E-state index contributed by atoms with van der Waals surface area (Å²) < 4.78 is 4.80. The summed E-state index contributed by atoms with van der Waals surface area (Å²) in [6.07, 6.45) is 0.810. The molecule has 0 aromatic heterocycles. The van der Waals surface area contributed by atoms with Gasteiger partial charge in [-0.05, 0) is 25.7 Å². The molecule has 0 bridgehead atoms. The van der Waals surface area contributed by atoms with Crippen molar-refractivity contribution in [3.63, 3.8) is 0 Å². The van der Waals surface area contributed by atoms with Gasteiger partial charge >= 0.3 is 12.1 Å². The van der Waals surface area contributed by atoms with Gasteiger partial charge in [0.05, 0.1) is 12.6 Å². The fraction of sp³-hybridized carbons (Fsp3) is 0.818. The maximum Gasteiger partial charge on any atom is 0.407 e. The summed E-state index contributed by atoms with van der Waals surface area (Å²) in [4.78, 5) is 24.0. The van der Waals surface area contributed by atoms with Crippen LogP contribution in [0.4, 0.5) is 9.59 Å². The van der Waals surface area contributed by atoms with Crippen molar-refractivity contribution in [1.29, 1.82) is 0 Å². The number of ether oxygens (including phenoxy) is 1. The lowest BCUT2D eigenvalue weighted by Crippen LogP contribution is -2.54. The topological polar surface area (TPSA) is 105 Å². The molecule has 1 heterocycles. The van der Waals surface area contributed by atoms with E-state index < -0.39 is 12.1 Å². The maximum absolute atomic E-state index is 11.3. The third-order valence-electron chi connectivity index (χ3n) is 2.98. The van der Waals surface area contributed by atoms with Crippen LogP contribution in [-0.2, 0) is 4.74 Å². The number of hydrogen-bond donors (Lipinski definition) is 3. The highest BCUT2D eigenvalue weighted by Gasteiger charge is 2.29. The van der Waals surface area contributed by atoms with E-state index in [1.807, 2.05) is 0 Å². The van der Waals surface area contributed by atoms with Crippen LogP contribution in [0.15, 0.2) is 0 Å². The number of rotatable bonds is 4. The molecule has 0 radical (unpaired) electrons. The third kappa shape index (κ3) is 4.40. The molecular weight excluding hydrogens is 238 g/mol. The van der Waals surface area contributed by atoms with E-state index in [9.17, 15) is 9.59 Å². The molecule has 1 rings (SSSR count). The van der Waals surface area contributed by atoms with Gasteiger partial charge in [-0.25, -0.2) is 9.59 Å². The Hall–Kier alpha value is -1.50. The molecule has 1 fully saturated rings. The van der Waals surface area contributed by atoms with Crippen molar-refractivity contribution >= 4 is 12.1 Å². The molecule has 1 aliphatic heterocycles. The highest BCUT2D eigenvalue weighted by atomic mass is 16.5. The summed E-state index contributed by atoms with van der Waals surface area (Å²) in [7, 11) is 0. The number of likely N-dealkylation sites (tertiary alicyclic amines) is 1. The Morgan fingerprint density at radius 1 is 1.50 bits per heavy atom. The van der Waals surface area contributed by atoms with E-state index in [4.69, 9.17) is 15.6 Å². The first kappa shape index (κ1) is 14.6. The lowest BCUT2D eigenvalue weighted by atomic mass is 9.92. The van der Waals surface area contributed by atoms with Crippen molar-refractivity contribution in [2.45, 2.75) is 25.8 Å². The molecule has 7 heteroatoms. The van der Waals surface area contributed by atoms with Gasteiger partial charge in [0.1, 0.15) is 0 Å². The molecule has 18 heavy (non-hydrogen) atoms. The number of nitrogens with one attached hydrogen (secondary N) is 1. The van der Waals surface area contributed by atoms with Crippen molar-refractivity contribution in [3.05, 3.63) is 0 Å². The molecule has 3 amide bonds. The monoisotopic (exact) mass is 259 g/mol. The summed E-state index contributed by atoms with van der Waals surface area (Å²) in [6, 6.07) is -0.685. The molecule has 2 atom stereocenters. The van der Waals surface area contributed by atoms with Crippen LogP contribution < -0.4 is 11.1 Å². The second-order valence-corrected chi connectivity index (χ2v) is 4.42. The number of carbonyl (C=O) groups is 2. The van der Waals surface area contributed by atoms with Crippen LogP contribution in [0, 0.1) is 5.92 Å². The Bertz CT molecular complexity index is 298. The van der Waals surface area contributed by atoms with Gasteiger partial charge in [0.15, 0.2) is 0 Å². The van der Waals surface area contributed by atoms with Gasteiger partial charge < -0.3 is 25.8 Å². The number of carbonyl (C=O) groups excluding carboxylic acids is 2. The molecule has 0 aromatic rings. The fourth-order valence-corrected chi connectivity index (χ4v) is 2.22. The van der Waals surface area contributed by atoms with Gasteiger partial charge in [0.25, 0.3) is 0 Å². The van der Waals surface area contributed by atoms with Gasteiger partial charge in [-0.2, -0.15) is 0 Å². The lowest BCUT2D eigenvalue weighted by Gasteiger charge is -2.36. The van der Waals surface area contributed by atoms with Crippen molar-refractivity contribution in [2.24, 2.45) is 11.7 Å². The number of hydrogen-bond acceptors (Lipinski definition) is 4. The fourth-order valence-electron chi connectivity index (χ4n) is 2.22. The molecule has 1 saturated heterocycles. The number of alkyl carbamates (subject to hydrolysis) is 1. The first-order valence-electron chi connectivity index (χ1n) is 6.15. The molecule has 0 aliphatic carbocycles. The Labute approximate surface area is 106 Å². The van der Waals surface area contributed by atoms with E-state index in [1.165, 1.54) is 4.90 Å². The minimum absolute atomic E-state index is 0.0589. The lowest BCUT2D eigenvalue weighted by molar-refractivity contribution is 0.118. The second kappa shape index (κ2) is 7.05. The van der Waals surface area contributed by atoms with Gasteiger partial charge in [-0.1, -0.05) is 0 Å². The van der Waals surface area contributed by atoms with Gasteiger partial charge in [0.2, 0.25) is 0 Å². The van der Waals surface area contributed by atoms with E-state index in [-0.39, 0.29) is 18.6 Å². The number of aliphatic hydroxyl groups is 1. The highest BCUT2D eigenvalue weighted by molar-refractivity contribution is 5.72. The maximum atomic E-state index is 11.3. The first-order valence-corrected chi connectivity index (χ1v) is 6.15. The molecule has 2 unspecified atom stereocenters. The second-order valence-electron chi connectivity index (χ2n) is 4.42. The molecule has 1 aliphatic rings. The SMILES string of the molecule is CCOC(=O)NC1CC(CCO)CN(C(N)=O)C1. The summed E-state index contributed by atoms with van der Waals surface area (Å²) in [6.45, 7) is 3.00. The smallest absolute Gasteiger partial charge is 0.407 e. The highest BCUT2D eigenvalue weighted by Crippen LogP contribution is 2.19. The van der Waals surface area contributed by atoms with Crippen molar-refractivity contribution in [3.8, 4) is 0 Å². The molecule has 4 N–H and O–H groups in total. The standard InChI is InChI=1S/C11H21N3O4/c1-2-18-11(17)13-9-5-8(3-4-15)6-14(7-9)10(12)16/h8-9,15H,2-7H2,1H3,(H2,12,16)(H,13,17). The Morgan fingerprint density at radius 2 is 2.22 bits per heavy atom. The number of nitrogens with two attached hydrogens (primary N) is 1. The number of primary amides is 1. The van der Waals surface area contributed by atoms with Crippen LogP contribution >= 0.6 is 0 Å². The summed E-state index contributed by atoms with van der Waals surface area (Å²) >= 11 is 0. The van der Waals surface area contributed by atoms with E-state index in [0.29, 0.717) is 32.5 Å². The number of urea groups is 1. The number of amides is 3. The van der Waals surface area contributed by atoms with Crippen LogP contribution in [0.3, 0.4) is 0 Å². The molecular formula is C11H21N3O4. The zero-order chi connectivity index (χ0) is 13.5. The summed E-state index contributed by atoms with van der Waals surface area (Å²) in [5.74, 6) is 0.142. The molecule has 7 nitrogen and oxygen atoms in total. The van der Waals surface area contributed by atoms with Crippen LogP contribution in [0.25, 0.3) is 0 Å². The zero-order valence-corrected chi connectivity index (χ0v) is 10.6. The number of aliphatic hydroxyl groups excluding tert-OH is 1. The first-order chi connectivity index (χ1) is 8.56. The van der Waals surface area contributed by atoms with E-state index in [2.05, 4.69) is 5.32 Å². The van der Waals surface area contributed by atoms with Gasteiger partial charge in [-0.3, -0.25) is 0 Å².